The van der Waals surface area contributed by atoms with Gasteiger partial charge >= 0.3 is 0 Å². The van der Waals surface area contributed by atoms with Crippen LogP contribution in [-0.4, -0.2) is 15.6 Å². The summed E-state index contributed by atoms with van der Waals surface area (Å²) in [7, 11) is 0. The molecule has 16 heavy (non-hydrogen) atoms. The molecule has 0 radical (unpaired) electrons. The predicted molar refractivity (Wildman–Crippen MR) is 62.2 cm³/mol. The van der Waals surface area contributed by atoms with Gasteiger partial charge in [0.15, 0.2) is 0 Å². The molecule has 0 fully saturated rings. The maximum absolute atomic E-state index is 12.1. The quantitative estimate of drug-likeness (QED) is 0.626. The number of nitrogens with two attached hydrogens (primary N) is 1. The Balaban J connectivity index is 2.39. The molecule has 2 rings (SSSR count). The second-order valence-electron chi connectivity index (χ2n) is 3.49. The number of nitrogens with zero attached hydrogens (tertiary/aromatic N) is 2. The number of nitrogen functional groups attached to an aromatic ring is 1. The van der Waals surface area contributed by atoms with E-state index in [0.29, 0.717) is 23.5 Å². The Morgan fingerprint density at radius 2 is 2.25 bits per heavy atom. The van der Waals surface area contributed by atoms with E-state index in [1.54, 1.807) is 41.2 Å². The molecule has 1 aromatic heterocycles. The highest BCUT2D eigenvalue weighted by molar-refractivity contribution is 6.08. The van der Waals surface area contributed by atoms with Crippen LogP contribution in [0.15, 0.2) is 36.5 Å². The summed E-state index contributed by atoms with van der Waals surface area (Å²) in [4.78, 5) is 12.1. The van der Waals surface area contributed by atoms with E-state index in [-0.39, 0.29) is 5.78 Å². The van der Waals surface area contributed by atoms with Gasteiger partial charge in [-0.05, 0) is 25.1 Å². The maximum atomic E-state index is 12.1. The van der Waals surface area contributed by atoms with Crippen LogP contribution in [0.1, 0.15) is 23.0 Å². The second-order valence-corrected chi connectivity index (χ2v) is 3.49. The average Bonchev–Trinajstić information content (AvgIpc) is 2.76. The Labute approximate surface area is 93.7 Å². The molecule has 2 aromatic rings. The molecule has 0 aliphatic rings. The zero-order valence-corrected chi connectivity index (χ0v) is 9.05. The van der Waals surface area contributed by atoms with Crippen molar-refractivity contribution < 1.29 is 4.79 Å². The lowest BCUT2D eigenvalue weighted by Crippen LogP contribution is -2.10. The van der Waals surface area contributed by atoms with Gasteiger partial charge in [-0.2, -0.15) is 5.10 Å². The topological polar surface area (TPSA) is 60.9 Å². The molecule has 4 nitrogen and oxygen atoms in total. The number of anilines is 1. The van der Waals surface area contributed by atoms with Crippen molar-refractivity contribution in [1.82, 2.24) is 9.78 Å². The monoisotopic (exact) mass is 215 g/mol. The summed E-state index contributed by atoms with van der Waals surface area (Å²) in [6.45, 7) is 2.62. The number of benzene rings is 1. The number of rotatable bonds is 3. The van der Waals surface area contributed by atoms with Crippen LogP contribution in [0.25, 0.3) is 0 Å². The number of carbonyl (C=O) groups excluding carboxylic acids is 1. The highest BCUT2D eigenvalue weighted by Crippen LogP contribution is 2.12. The van der Waals surface area contributed by atoms with Crippen molar-refractivity contribution in [2.24, 2.45) is 0 Å². The Kier molecular flexibility index (Phi) is 2.72. The van der Waals surface area contributed by atoms with Crippen LogP contribution in [-0.2, 0) is 6.54 Å². The molecule has 0 bridgehead atoms. The Morgan fingerprint density at radius 1 is 1.44 bits per heavy atom. The number of ketones is 1. The minimum absolute atomic E-state index is 0.0494. The molecule has 1 aromatic carbocycles. The van der Waals surface area contributed by atoms with Crippen LogP contribution in [0.5, 0.6) is 0 Å². The maximum Gasteiger partial charge on any atom is 0.211 e. The first-order chi connectivity index (χ1) is 7.72. The van der Waals surface area contributed by atoms with Gasteiger partial charge in [-0.25, -0.2) is 0 Å². The van der Waals surface area contributed by atoms with Gasteiger partial charge in [0.1, 0.15) is 5.69 Å². The Morgan fingerprint density at radius 3 is 2.94 bits per heavy atom. The van der Waals surface area contributed by atoms with Crippen LogP contribution >= 0.6 is 0 Å². The van der Waals surface area contributed by atoms with E-state index < -0.39 is 0 Å². The van der Waals surface area contributed by atoms with Crippen molar-refractivity contribution in [3.8, 4) is 0 Å². The molecular weight excluding hydrogens is 202 g/mol. The molecule has 0 aliphatic heterocycles. The van der Waals surface area contributed by atoms with Crippen molar-refractivity contribution in [2.75, 3.05) is 5.73 Å². The molecule has 1 heterocycles. The zero-order valence-electron chi connectivity index (χ0n) is 9.05. The van der Waals surface area contributed by atoms with Crippen molar-refractivity contribution in [3.05, 3.63) is 47.8 Å². The van der Waals surface area contributed by atoms with Crippen LogP contribution in [0.2, 0.25) is 0 Å². The second kappa shape index (κ2) is 4.18. The Hall–Kier alpha value is -2.10. The van der Waals surface area contributed by atoms with Crippen LogP contribution < -0.4 is 5.73 Å². The van der Waals surface area contributed by atoms with Crippen LogP contribution in [0.3, 0.4) is 0 Å². The van der Waals surface area contributed by atoms with Crippen LogP contribution in [0, 0.1) is 0 Å². The van der Waals surface area contributed by atoms with Gasteiger partial charge in [0, 0.05) is 24.0 Å². The zero-order chi connectivity index (χ0) is 11.5. The molecule has 0 saturated heterocycles. The molecule has 0 saturated carbocycles. The number of carbonyl (C=O) groups is 1. The largest absolute Gasteiger partial charge is 0.399 e. The summed E-state index contributed by atoms with van der Waals surface area (Å²) in [6, 6.07) is 8.68. The lowest BCUT2D eigenvalue weighted by molar-refractivity contribution is 0.102. The smallest absolute Gasteiger partial charge is 0.211 e. The number of aromatic nitrogens is 2. The van der Waals surface area contributed by atoms with E-state index in [1.165, 1.54) is 0 Å². The molecule has 2 N–H and O–H groups in total. The summed E-state index contributed by atoms with van der Waals surface area (Å²) in [5, 5.41) is 4.07. The van der Waals surface area contributed by atoms with Crippen LogP contribution in [0.4, 0.5) is 5.69 Å². The Bertz CT molecular complexity index is 516. The third-order valence-electron chi connectivity index (χ3n) is 2.40. The molecule has 0 aliphatic carbocycles. The van der Waals surface area contributed by atoms with Crippen molar-refractivity contribution >= 4 is 11.5 Å². The highest BCUT2D eigenvalue weighted by Gasteiger charge is 2.13. The number of hydrogen-bond acceptors (Lipinski definition) is 3. The number of hydrogen-bond donors (Lipinski definition) is 1. The van der Waals surface area contributed by atoms with Gasteiger partial charge in [0.05, 0.1) is 0 Å². The normalized spacial score (nSPS) is 10.3. The van der Waals surface area contributed by atoms with E-state index in [4.69, 9.17) is 5.73 Å². The third kappa shape index (κ3) is 1.82. The van der Waals surface area contributed by atoms with Crippen molar-refractivity contribution in [3.63, 3.8) is 0 Å². The van der Waals surface area contributed by atoms with Crippen molar-refractivity contribution in [1.29, 1.82) is 0 Å². The van der Waals surface area contributed by atoms with Crippen molar-refractivity contribution in [2.45, 2.75) is 13.5 Å². The molecular formula is C12H13N3O. The molecule has 0 spiro atoms. The van der Waals surface area contributed by atoms with Gasteiger partial charge in [0.2, 0.25) is 5.78 Å². The van der Waals surface area contributed by atoms with E-state index in [9.17, 15) is 4.79 Å². The third-order valence-corrected chi connectivity index (χ3v) is 2.40. The van der Waals surface area contributed by atoms with Gasteiger partial charge in [-0.1, -0.05) is 12.1 Å². The van der Waals surface area contributed by atoms with E-state index in [1.807, 2.05) is 6.92 Å². The molecule has 82 valence electrons. The molecule has 0 unspecified atom stereocenters. The average molecular weight is 215 g/mol. The van der Waals surface area contributed by atoms with Gasteiger partial charge in [-0.15, -0.1) is 0 Å². The fraction of sp³-hybridized carbons (Fsp3) is 0.167. The minimum atomic E-state index is -0.0494. The predicted octanol–water partition coefficient (Wildman–Crippen LogP) is 1.72. The number of aryl methyl sites for hydroxylation is 1. The summed E-state index contributed by atoms with van der Waals surface area (Å²) in [5.74, 6) is -0.0494. The van der Waals surface area contributed by atoms with Gasteiger partial charge in [0.25, 0.3) is 0 Å². The van der Waals surface area contributed by atoms with E-state index in [2.05, 4.69) is 5.10 Å². The van der Waals surface area contributed by atoms with Gasteiger partial charge in [-0.3, -0.25) is 9.48 Å². The highest BCUT2D eigenvalue weighted by atomic mass is 16.1. The fourth-order valence-electron chi connectivity index (χ4n) is 1.61. The minimum Gasteiger partial charge on any atom is -0.399 e. The lowest BCUT2D eigenvalue weighted by atomic mass is 10.1. The lowest BCUT2D eigenvalue weighted by Gasteiger charge is -2.04. The molecule has 0 amide bonds. The molecule has 4 heteroatoms. The standard InChI is InChI=1S/C12H13N3O/c1-2-15-11(6-7-14-15)12(16)9-4-3-5-10(13)8-9/h3-8H,2,13H2,1H3. The summed E-state index contributed by atoms with van der Waals surface area (Å²) in [6.07, 6.45) is 1.63. The SMILES string of the molecule is CCn1nccc1C(=O)c1cccc(N)c1. The van der Waals surface area contributed by atoms with Gasteiger partial charge < -0.3 is 5.73 Å². The fourth-order valence-corrected chi connectivity index (χ4v) is 1.61. The summed E-state index contributed by atoms with van der Waals surface area (Å²) >= 11 is 0. The van der Waals surface area contributed by atoms with E-state index in [0.717, 1.165) is 0 Å². The van der Waals surface area contributed by atoms with E-state index >= 15 is 0 Å². The molecule has 0 atom stereocenters. The first kappa shape index (κ1) is 10.4. The first-order valence-corrected chi connectivity index (χ1v) is 5.14. The summed E-state index contributed by atoms with van der Waals surface area (Å²) < 4.78 is 1.67. The summed E-state index contributed by atoms with van der Waals surface area (Å²) in [5.41, 5.74) is 7.42. The first-order valence-electron chi connectivity index (χ1n) is 5.14.